The Morgan fingerprint density at radius 1 is 1.25 bits per heavy atom. The predicted molar refractivity (Wildman–Crippen MR) is 52.4 cm³/mol. The van der Waals surface area contributed by atoms with Crippen molar-refractivity contribution >= 4 is 27.3 Å². The highest BCUT2D eigenvalue weighted by atomic mass is 79.9. The fourth-order valence-electron chi connectivity index (χ4n) is 1.17. The summed E-state index contributed by atoms with van der Waals surface area (Å²) in [5.41, 5.74) is 0. The molecule has 0 fully saturated rings. The summed E-state index contributed by atoms with van der Waals surface area (Å²) in [6, 6.07) is 0. The molecule has 0 saturated carbocycles. The summed E-state index contributed by atoms with van der Waals surface area (Å²) in [4.78, 5) is 1.18. The average molecular weight is 249 g/mol. The van der Waals surface area contributed by atoms with Gasteiger partial charge in [-0.2, -0.15) is 0 Å². The fraction of sp³-hybridized carbons (Fsp3) is 0.500. The molecule has 0 N–H and O–H groups in total. The van der Waals surface area contributed by atoms with E-state index in [1.54, 1.807) is 11.3 Å². The van der Waals surface area contributed by atoms with Gasteiger partial charge in [0.2, 0.25) is 0 Å². The van der Waals surface area contributed by atoms with Crippen LogP contribution >= 0.6 is 27.3 Å². The van der Waals surface area contributed by atoms with Gasteiger partial charge >= 0.3 is 0 Å². The van der Waals surface area contributed by atoms with Crippen molar-refractivity contribution in [3.63, 3.8) is 0 Å². The number of hydrogen-bond donors (Lipinski definition) is 0. The van der Waals surface area contributed by atoms with Gasteiger partial charge in [-0.1, -0.05) is 0 Å². The molecule has 0 spiro atoms. The Bertz CT molecular complexity index is 269. The molecule has 0 atom stereocenters. The largest absolute Gasteiger partial charge is 0.488 e. The zero-order valence-corrected chi connectivity index (χ0v) is 9.13. The van der Waals surface area contributed by atoms with Gasteiger partial charge in [0, 0.05) is 11.3 Å². The molecule has 1 aliphatic heterocycles. The Kier molecular flexibility index (Phi) is 2.28. The monoisotopic (exact) mass is 248 g/mol. The van der Waals surface area contributed by atoms with Crippen LogP contribution in [0, 0.1) is 6.92 Å². The molecular weight excluding hydrogens is 240 g/mol. The molecule has 0 aromatic carbocycles. The lowest BCUT2D eigenvalue weighted by atomic mass is 10.4. The highest BCUT2D eigenvalue weighted by Crippen LogP contribution is 2.46. The van der Waals surface area contributed by atoms with Gasteiger partial charge in [0.15, 0.2) is 11.5 Å². The third-order valence-electron chi connectivity index (χ3n) is 1.73. The summed E-state index contributed by atoms with van der Waals surface area (Å²) in [6.45, 7) is 3.56. The Hall–Kier alpha value is -0.220. The van der Waals surface area contributed by atoms with Crippen LogP contribution in [0.15, 0.2) is 3.79 Å². The van der Waals surface area contributed by atoms with Crippen LogP contribution in [0.1, 0.15) is 11.3 Å². The van der Waals surface area contributed by atoms with Gasteiger partial charge in [-0.3, -0.25) is 0 Å². The van der Waals surface area contributed by atoms with Crippen molar-refractivity contribution < 1.29 is 9.47 Å². The minimum absolute atomic E-state index is 0.752. The van der Waals surface area contributed by atoms with Gasteiger partial charge in [-0.15, -0.1) is 11.3 Å². The zero-order chi connectivity index (χ0) is 8.55. The molecular formula is C8H9BrO2S. The normalized spacial score (nSPS) is 15.8. The number of fused-ring (bicyclic) bond motifs is 1. The van der Waals surface area contributed by atoms with Crippen LogP contribution in [0.25, 0.3) is 0 Å². The molecule has 4 heteroatoms. The minimum atomic E-state index is 0.752. The van der Waals surface area contributed by atoms with Crippen LogP contribution in [0.5, 0.6) is 11.5 Å². The van der Waals surface area contributed by atoms with E-state index in [1.165, 1.54) is 4.88 Å². The van der Waals surface area contributed by atoms with E-state index >= 15 is 0 Å². The van der Waals surface area contributed by atoms with Crippen molar-refractivity contribution in [1.82, 2.24) is 0 Å². The van der Waals surface area contributed by atoms with Crippen LogP contribution in [0.2, 0.25) is 0 Å². The van der Waals surface area contributed by atoms with Gasteiger partial charge in [0.1, 0.15) is 3.79 Å². The van der Waals surface area contributed by atoms with E-state index in [-0.39, 0.29) is 0 Å². The molecule has 0 radical (unpaired) electrons. The first-order chi connectivity index (χ1) is 5.79. The Balaban J connectivity index is 2.44. The first-order valence-electron chi connectivity index (χ1n) is 3.83. The first kappa shape index (κ1) is 8.38. The van der Waals surface area contributed by atoms with Crippen molar-refractivity contribution in [3.05, 3.63) is 8.66 Å². The number of halogens is 1. The van der Waals surface area contributed by atoms with Crippen molar-refractivity contribution in [2.75, 3.05) is 13.2 Å². The third-order valence-corrected chi connectivity index (χ3v) is 3.43. The maximum absolute atomic E-state index is 5.56. The predicted octanol–water partition coefficient (Wildman–Crippen LogP) is 2.98. The van der Waals surface area contributed by atoms with Crippen molar-refractivity contribution in [3.8, 4) is 11.5 Å². The van der Waals surface area contributed by atoms with Gasteiger partial charge in [0.25, 0.3) is 0 Å². The maximum atomic E-state index is 5.56. The first-order valence-corrected chi connectivity index (χ1v) is 5.44. The lowest BCUT2D eigenvalue weighted by Gasteiger charge is -2.01. The molecule has 1 aromatic heterocycles. The lowest BCUT2D eigenvalue weighted by Crippen LogP contribution is -1.98. The van der Waals surface area contributed by atoms with Gasteiger partial charge < -0.3 is 9.47 Å². The minimum Gasteiger partial charge on any atom is -0.488 e. The van der Waals surface area contributed by atoms with E-state index in [1.807, 2.05) is 6.92 Å². The Labute approximate surface area is 83.6 Å². The van der Waals surface area contributed by atoms with Crippen LogP contribution in [0.4, 0.5) is 0 Å². The molecule has 0 saturated heterocycles. The summed E-state index contributed by atoms with van der Waals surface area (Å²) in [5, 5.41) is 0. The molecule has 12 heavy (non-hydrogen) atoms. The molecule has 66 valence electrons. The molecule has 1 aliphatic rings. The second-order valence-electron chi connectivity index (χ2n) is 2.64. The van der Waals surface area contributed by atoms with E-state index in [9.17, 15) is 0 Å². The quantitative estimate of drug-likeness (QED) is 0.703. The van der Waals surface area contributed by atoms with Gasteiger partial charge in [-0.25, -0.2) is 0 Å². The number of thiophene rings is 1. The van der Waals surface area contributed by atoms with E-state index < -0.39 is 0 Å². The van der Waals surface area contributed by atoms with E-state index in [4.69, 9.17) is 9.47 Å². The van der Waals surface area contributed by atoms with Crippen molar-refractivity contribution in [2.45, 2.75) is 13.3 Å². The van der Waals surface area contributed by atoms with Crippen molar-refractivity contribution in [2.24, 2.45) is 0 Å². The smallest absolute Gasteiger partial charge is 0.186 e. The standard InChI is InChI=1S/C8H9BrO2S/c1-5-6-7(8(9)12-5)11-4-2-3-10-6/h2-4H2,1H3. The zero-order valence-electron chi connectivity index (χ0n) is 6.72. The van der Waals surface area contributed by atoms with E-state index in [0.29, 0.717) is 0 Å². The molecule has 0 bridgehead atoms. The number of hydrogen-bond acceptors (Lipinski definition) is 3. The SMILES string of the molecule is Cc1sc(Br)c2c1OCCCO2. The topological polar surface area (TPSA) is 18.5 Å². The third kappa shape index (κ3) is 1.33. The fourth-order valence-corrected chi connectivity index (χ4v) is 2.95. The average Bonchev–Trinajstić information content (AvgIpc) is 2.29. The highest BCUT2D eigenvalue weighted by molar-refractivity contribution is 9.11. The number of rotatable bonds is 0. The van der Waals surface area contributed by atoms with Gasteiger partial charge in [-0.05, 0) is 22.9 Å². The second kappa shape index (κ2) is 3.26. The summed E-state index contributed by atoms with van der Waals surface area (Å²) in [5.74, 6) is 1.80. The summed E-state index contributed by atoms with van der Waals surface area (Å²) < 4.78 is 12.1. The highest BCUT2D eigenvalue weighted by Gasteiger charge is 2.19. The lowest BCUT2D eigenvalue weighted by molar-refractivity contribution is 0.296. The summed E-state index contributed by atoms with van der Waals surface area (Å²) in [6.07, 6.45) is 0.964. The van der Waals surface area contributed by atoms with E-state index in [2.05, 4.69) is 15.9 Å². The molecule has 2 rings (SSSR count). The van der Waals surface area contributed by atoms with Crippen LogP contribution in [0.3, 0.4) is 0 Å². The molecule has 0 unspecified atom stereocenters. The van der Waals surface area contributed by atoms with Crippen LogP contribution in [-0.2, 0) is 0 Å². The Morgan fingerprint density at radius 3 is 2.67 bits per heavy atom. The molecule has 0 aliphatic carbocycles. The molecule has 2 heterocycles. The van der Waals surface area contributed by atoms with Crippen LogP contribution < -0.4 is 9.47 Å². The number of aryl methyl sites for hydroxylation is 1. The molecule has 1 aromatic rings. The summed E-state index contributed by atoms with van der Waals surface area (Å²) in [7, 11) is 0. The molecule has 0 amide bonds. The Morgan fingerprint density at radius 2 is 1.92 bits per heavy atom. The van der Waals surface area contributed by atoms with E-state index in [0.717, 1.165) is 34.9 Å². The maximum Gasteiger partial charge on any atom is 0.186 e. The summed E-state index contributed by atoms with van der Waals surface area (Å²) >= 11 is 5.11. The second-order valence-corrected chi connectivity index (χ2v) is 5.18. The molecule has 2 nitrogen and oxygen atoms in total. The number of ether oxygens (including phenoxy) is 2. The van der Waals surface area contributed by atoms with Gasteiger partial charge in [0.05, 0.1) is 13.2 Å². The van der Waals surface area contributed by atoms with Crippen molar-refractivity contribution in [1.29, 1.82) is 0 Å². The van der Waals surface area contributed by atoms with Crippen LogP contribution in [-0.4, -0.2) is 13.2 Å².